The maximum atomic E-state index is 12.2. The molecule has 25 heavy (non-hydrogen) atoms. The van der Waals surface area contributed by atoms with E-state index in [9.17, 15) is 4.79 Å². The highest BCUT2D eigenvalue weighted by Crippen LogP contribution is 2.22. The van der Waals surface area contributed by atoms with E-state index in [0.29, 0.717) is 16.6 Å². The average molecular weight is 375 g/mol. The molecule has 0 saturated heterocycles. The van der Waals surface area contributed by atoms with Crippen molar-refractivity contribution in [2.24, 2.45) is 0 Å². The Kier molecular flexibility index (Phi) is 5.36. The standard InChI is InChI=1S/C18H16Cl2N4O/c1-12-21-7-8-24(12)18-14(3-2-6-22-18)11-23-17(25)10-13-4-5-15(19)16(20)9-13/h2-9H,10-11H2,1H3,(H,23,25). The summed E-state index contributed by atoms with van der Waals surface area (Å²) >= 11 is 11.9. The van der Waals surface area contributed by atoms with Crippen molar-refractivity contribution in [1.82, 2.24) is 19.9 Å². The molecular weight excluding hydrogens is 359 g/mol. The van der Waals surface area contributed by atoms with E-state index >= 15 is 0 Å². The van der Waals surface area contributed by atoms with Crippen LogP contribution in [-0.4, -0.2) is 20.4 Å². The van der Waals surface area contributed by atoms with Gasteiger partial charge in [-0.2, -0.15) is 0 Å². The van der Waals surface area contributed by atoms with Crippen molar-refractivity contribution in [2.45, 2.75) is 19.9 Å². The lowest BCUT2D eigenvalue weighted by Gasteiger charge is -2.11. The number of aryl methyl sites for hydroxylation is 1. The molecule has 0 spiro atoms. The largest absolute Gasteiger partial charge is 0.352 e. The van der Waals surface area contributed by atoms with Crippen LogP contribution in [0.2, 0.25) is 10.0 Å². The third-order valence-electron chi connectivity index (χ3n) is 3.75. The number of hydrogen-bond donors (Lipinski definition) is 1. The summed E-state index contributed by atoms with van der Waals surface area (Å²) in [6.07, 6.45) is 5.52. The molecule has 0 saturated carbocycles. The summed E-state index contributed by atoms with van der Waals surface area (Å²) in [5.74, 6) is 1.49. The van der Waals surface area contributed by atoms with E-state index in [0.717, 1.165) is 22.8 Å². The topological polar surface area (TPSA) is 59.8 Å². The van der Waals surface area contributed by atoms with Crippen LogP contribution in [0.25, 0.3) is 5.82 Å². The first-order valence-electron chi connectivity index (χ1n) is 7.69. The lowest BCUT2D eigenvalue weighted by Crippen LogP contribution is -2.25. The van der Waals surface area contributed by atoms with Gasteiger partial charge in [0.2, 0.25) is 5.91 Å². The van der Waals surface area contributed by atoms with Crippen molar-refractivity contribution in [3.05, 3.63) is 75.9 Å². The van der Waals surface area contributed by atoms with Gasteiger partial charge in [0, 0.05) is 30.7 Å². The van der Waals surface area contributed by atoms with Crippen molar-refractivity contribution in [1.29, 1.82) is 0 Å². The van der Waals surface area contributed by atoms with Gasteiger partial charge in [-0.15, -0.1) is 0 Å². The number of rotatable bonds is 5. The van der Waals surface area contributed by atoms with Crippen molar-refractivity contribution in [3.8, 4) is 5.82 Å². The fraction of sp³-hybridized carbons (Fsp3) is 0.167. The molecule has 3 aromatic rings. The van der Waals surface area contributed by atoms with Crippen LogP contribution in [0.5, 0.6) is 0 Å². The normalized spacial score (nSPS) is 10.7. The molecule has 1 amide bonds. The van der Waals surface area contributed by atoms with Crippen LogP contribution in [0.4, 0.5) is 0 Å². The number of nitrogens with zero attached hydrogens (tertiary/aromatic N) is 3. The highest BCUT2D eigenvalue weighted by molar-refractivity contribution is 6.42. The van der Waals surface area contributed by atoms with E-state index in [-0.39, 0.29) is 12.3 Å². The predicted octanol–water partition coefficient (Wildman–Crippen LogP) is 3.74. The molecule has 0 unspecified atom stereocenters. The molecule has 7 heteroatoms. The van der Waals surface area contributed by atoms with Crippen LogP contribution in [0.3, 0.4) is 0 Å². The van der Waals surface area contributed by atoms with E-state index in [4.69, 9.17) is 23.2 Å². The van der Waals surface area contributed by atoms with Gasteiger partial charge in [-0.3, -0.25) is 9.36 Å². The third-order valence-corrected chi connectivity index (χ3v) is 4.49. The van der Waals surface area contributed by atoms with Gasteiger partial charge < -0.3 is 5.32 Å². The Morgan fingerprint density at radius 2 is 2.00 bits per heavy atom. The maximum absolute atomic E-state index is 12.2. The van der Waals surface area contributed by atoms with Gasteiger partial charge in [-0.05, 0) is 30.7 Å². The maximum Gasteiger partial charge on any atom is 0.224 e. The highest BCUT2D eigenvalue weighted by atomic mass is 35.5. The number of carbonyl (C=O) groups is 1. The number of hydrogen-bond acceptors (Lipinski definition) is 3. The fourth-order valence-corrected chi connectivity index (χ4v) is 2.80. The second kappa shape index (κ2) is 7.68. The summed E-state index contributed by atoms with van der Waals surface area (Å²) in [5, 5.41) is 3.83. The molecule has 3 rings (SSSR count). The molecule has 2 heterocycles. The molecule has 0 radical (unpaired) electrons. The second-order valence-corrected chi connectivity index (χ2v) is 6.35. The minimum Gasteiger partial charge on any atom is -0.352 e. The van der Waals surface area contributed by atoms with Gasteiger partial charge in [0.05, 0.1) is 16.5 Å². The number of benzene rings is 1. The molecular formula is C18H16Cl2N4O. The lowest BCUT2D eigenvalue weighted by atomic mass is 10.1. The Morgan fingerprint density at radius 1 is 1.16 bits per heavy atom. The Labute approximate surface area is 155 Å². The number of nitrogens with one attached hydrogen (secondary N) is 1. The molecule has 1 N–H and O–H groups in total. The summed E-state index contributed by atoms with van der Waals surface area (Å²) in [6.45, 7) is 2.28. The van der Waals surface area contributed by atoms with Crippen LogP contribution < -0.4 is 5.32 Å². The number of imidazole rings is 1. The van der Waals surface area contributed by atoms with Crippen LogP contribution in [0.1, 0.15) is 17.0 Å². The van der Waals surface area contributed by atoms with Crippen LogP contribution in [0.15, 0.2) is 48.9 Å². The van der Waals surface area contributed by atoms with Gasteiger partial charge in [-0.1, -0.05) is 35.3 Å². The number of amides is 1. The molecule has 0 atom stereocenters. The van der Waals surface area contributed by atoms with Gasteiger partial charge in [0.25, 0.3) is 0 Å². The van der Waals surface area contributed by atoms with Crippen molar-refractivity contribution >= 4 is 29.1 Å². The van der Waals surface area contributed by atoms with E-state index in [1.54, 1.807) is 30.6 Å². The smallest absolute Gasteiger partial charge is 0.224 e. The Hall–Kier alpha value is -2.37. The Bertz CT molecular complexity index is 908. The Morgan fingerprint density at radius 3 is 2.72 bits per heavy atom. The molecule has 0 aliphatic carbocycles. The number of halogens is 2. The summed E-state index contributed by atoms with van der Waals surface area (Å²) in [5.41, 5.74) is 1.72. The van der Waals surface area contributed by atoms with E-state index < -0.39 is 0 Å². The van der Waals surface area contributed by atoms with Crippen molar-refractivity contribution in [2.75, 3.05) is 0 Å². The summed E-state index contributed by atoms with van der Waals surface area (Å²) < 4.78 is 1.89. The first-order chi connectivity index (χ1) is 12.0. The van der Waals surface area contributed by atoms with E-state index in [1.165, 1.54) is 0 Å². The van der Waals surface area contributed by atoms with Crippen molar-refractivity contribution in [3.63, 3.8) is 0 Å². The molecule has 2 aromatic heterocycles. The van der Waals surface area contributed by atoms with Gasteiger partial charge in [0.1, 0.15) is 11.6 Å². The molecule has 128 valence electrons. The third kappa shape index (κ3) is 4.18. The molecule has 1 aromatic carbocycles. The summed E-state index contributed by atoms with van der Waals surface area (Å²) in [4.78, 5) is 20.8. The highest BCUT2D eigenvalue weighted by Gasteiger charge is 2.10. The minimum atomic E-state index is -0.101. The average Bonchev–Trinajstić information content (AvgIpc) is 3.02. The minimum absolute atomic E-state index is 0.101. The molecule has 0 aliphatic heterocycles. The molecule has 5 nitrogen and oxygen atoms in total. The summed E-state index contributed by atoms with van der Waals surface area (Å²) in [7, 11) is 0. The molecule has 0 fully saturated rings. The first kappa shape index (κ1) is 17.5. The monoisotopic (exact) mass is 374 g/mol. The zero-order chi connectivity index (χ0) is 17.8. The van der Waals surface area contributed by atoms with Gasteiger partial charge >= 0.3 is 0 Å². The first-order valence-corrected chi connectivity index (χ1v) is 8.45. The van der Waals surface area contributed by atoms with Crippen molar-refractivity contribution < 1.29 is 4.79 Å². The quantitative estimate of drug-likeness (QED) is 0.739. The molecule has 0 aliphatic rings. The fourth-order valence-electron chi connectivity index (χ4n) is 2.48. The zero-order valence-electron chi connectivity index (χ0n) is 13.5. The number of carbonyl (C=O) groups excluding carboxylic acids is 1. The van der Waals surface area contributed by atoms with Gasteiger partial charge in [0.15, 0.2) is 0 Å². The van der Waals surface area contributed by atoms with Gasteiger partial charge in [-0.25, -0.2) is 9.97 Å². The second-order valence-electron chi connectivity index (χ2n) is 5.53. The number of pyridine rings is 1. The Balaban J connectivity index is 1.68. The van der Waals surface area contributed by atoms with Crippen LogP contribution >= 0.6 is 23.2 Å². The van der Waals surface area contributed by atoms with Crippen LogP contribution in [0, 0.1) is 6.92 Å². The van der Waals surface area contributed by atoms with Crippen LogP contribution in [-0.2, 0) is 17.8 Å². The molecule has 0 bridgehead atoms. The SMILES string of the molecule is Cc1nccn1-c1ncccc1CNC(=O)Cc1ccc(Cl)c(Cl)c1. The predicted molar refractivity (Wildman–Crippen MR) is 98.1 cm³/mol. The summed E-state index contributed by atoms with van der Waals surface area (Å²) in [6, 6.07) is 8.96. The van der Waals surface area contributed by atoms with E-state index in [1.807, 2.05) is 29.8 Å². The zero-order valence-corrected chi connectivity index (χ0v) is 15.1. The lowest BCUT2D eigenvalue weighted by molar-refractivity contribution is -0.120. The van der Waals surface area contributed by atoms with E-state index in [2.05, 4.69) is 15.3 Å². The number of aromatic nitrogens is 3.